The van der Waals surface area contributed by atoms with Gasteiger partial charge >= 0.3 is 0 Å². The Kier molecular flexibility index (Phi) is 3.17. The fourth-order valence-electron chi connectivity index (χ4n) is 3.17. The van der Waals surface area contributed by atoms with Crippen LogP contribution in [0, 0.1) is 18.3 Å². The van der Waals surface area contributed by atoms with E-state index in [-0.39, 0.29) is 5.92 Å². The monoisotopic (exact) mass is 301 g/mol. The van der Waals surface area contributed by atoms with Gasteiger partial charge in [0, 0.05) is 16.7 Å². The molecule has 2 aromatic rings. The van der Waals surface area contributed by atoms with E-state index >= 15 is 0 Å². The molecule has 23 heavy (non-hydrogen) atoms. The molecule has 1 atom stereocenters. The van der Waals surface area contributed by atoms with Gasteiger partial charge in [-0.25, -0.2) is 0 Å². The molecule has 0 radical (unpaired) electrons. The van der Waals surface area contributed by atoms with Crippen LogP contribution in [-0.4, -0.2) is 6.61 Å². The summed E-state index contributed by atoms with van der Waals surface area (Å²) in [7, 11) is 0. The lowest BCUT2D eigenvalue weighted by Gasteiger charge is -2.32. The third-order valence-electron chi connectivity index (χ3n) is 4.26. The van der Waals surface area contributed by atoms with Gasteiger partial charge in [-0.15, -0.1) is 0 Å². The summed E-state index contributed by atoms with van der Waals surface area (Å²) in [6.45, 7) is 2.50. The Morgan fingerprint density at radius 2 is 1.96 bits per heavy atom. The van der Waals surface area contributed by atoms with Crippen molar-refractivity contribution in [2.75, 3.05) is 6.61 Å². The largest absolute Gasteiger partial charge is 0.489 e. The maximum Gasteiger partial charge on any atom is 0.148 e. The highest BCUT2D eigenvalue weighted by Gasteiger charge is 2.35. The van der Waals surface area contributed by atoms with Crippen LogP contribution in [0.5, 0.6) is 5.75 Å². The molecule has 0 spiro atoms. The number of allylic oxidation sites excluding steroid dienone is 1. The standard InChI is InChI=1S/C20H15NO2/c1-13-7-8-18-16(9-13)19-15(11-22-18)12-23-20(17(19)10-21)14-5-3-2-4-6-14/h2-9,12,19H,11H2,1H3. The van der Waals surface area contributed by atoms with Crippen molar-refractivity contribution < 1.29 is 9.47 Å². The third kappa shape index (κ3) is 2.20. The zero-order valence-electron chi connectivity index (χ0n) is 12.7. The molecule has 0 fully saturated rings. The molecule has 0 aliphatic carbocycles. The molecule has 2 aliphatic rings. The molecule has 3 nitrogen and oxygen atoms in total. The number of hydrogen-bond acceptors (Lipinski definition) is 3. The average molecular weight is 301 g/mol. The first kappa shape index (κ1) is 13.7. The molecule has 0 N–H and O–H groups in total. The Morgan fingerprint density at radius 1 is 1.13 bits per heavy atom. The molecular formula is C20H15NO2. The molecular weight excluding hydrogens is 286 g/mol. The summed E-state index contributed by atoms with van der Waals surface area (Å²) >= 11 is 0. The highest BCUT2D eigenvalue weighted by atomic mass is 16.5. The minimum Gasteiger partial charge on any atom is -0.489 e. The SMILES string of the molecule is Cc1ccc2c(c1)C1C(=COC(c3ccccc3)=C1C#N)CO2. The van der Waals surface area contributed by atoms with Crippen LogP contribution in [0.25, 0.3) is 5.76 Å². The Bertz CT molecular complexity index is 872. The molecule has 0 saturated carbocycles. The number of hydrogen-bond donors (Lipinski definition) is 0. The van der Waals surface area contributed by atoms with Crippen molar-refractivity contribution in [3.05, 3.63) is 82.6 Å². The van der Waals surface area contributed by atoms with Crippen LogP contribution < -0.4 is 4.74 Å². The molecule has 0 saturated heterocycles. The Balaban J connectivity index is 1.91. The number of benzene rings is 2. The second-order valence-electron chi connectivity index (χ2n) is 5.79. The van der Waals surface area contributed by atoms with Crippen LogP contribution >= 0.6 is 0 Å². The van der Waals surface area contributed by atoms with Gasteiger partial charge in [-0.1, -0.05) is 48.0 Å². The summed E-state index contributed by atoms with van der Waals surface area (Å²) < 4.78 is 11.6. The van der Waals surface area contributed by atoms with E-state index in [2.05, 4.69) is 12.1 Å². The van der Waals surface area contributed by atoms with E-state index in [4.69, 9.17) is 9.47 Å². The normalized spacial score (nSPS) is 18.8. The van der Waals surface area contributed by atoms with Crippen molar-refractivity contribution in [1.82, 2.24) is 0 Å². The van der Waals surface area contributed by atoms with Gasteiger partial charge in [-0.3, -0.25) is 0 Å². The van der Waals surface area contributed by atoms with Gasteiger partial charge in [-0.05, 0) is 13.0 Å². The lowest BCUT2D eigenvalue weighted by molar-refractivity contribution is 0.305. The number of nitriles is 1. The molecule has 2 aliphatic heterocycles. The van der Waals surface area contributed by atoms with Gasteiger partial charge < -0.3 is 9.47 Å². The van der Waals surface area contributed by atoms with Crippen molar-refractivity contribution in [2.24, 2.45) is 0 Å². The second-order valence-corrected chi connectivity index (χ2v) is 5.79. The zero-order valence-corrected chi connectivity index (χ0v) is 12.7. The predicted molar refractivity (Wildman–Crippen MR) is 87.6 cm³/mol. The summed E-state index contributed by atoms with van der Waals surface area (Å²) in [5, 5.41) is 9.80. The molecule has 4 rings (SSSR count). The summed E-state index contributed by atoms with van der Waals surface area (Å²) in [5.41, 5.74) is 4.73. The predicted octanol–water partition coefficient (Wildman–Crippen LogP) is 4.32. The van der Waals surface area contributed by atoms with Crippen LogP contribution in [0.2, 0.25) is 0 Å². The highest BCUT2D eigenvalue weighted by molar-refractivity contribution is 5.73. The van der Waals surface area contributed by atoms with Gasteiger partial charge in [0.15, 0.2) is 0 Å². The van der Waals surface area contributed by atoms with Crippen molar-refractivity contribution in [3.8, 4) is 11.8 Å². The van der Waals surface area contributed by atoms with Crippen LogP contribution in [0.15, 0.2) is 65.9 Å². The number of ether oxygens (including phenoxy) is 2. The molecule has 3 heteroatoms. The van der Waals surface area contributed by atoms with E-state index in [0.29, 0.717) is 17.9 Å². The van der Waals surface area contributed by atoms with Crippen molar-refractivity contribution in [2.45, 2.75) is 12.8 Å². The van der Waals surface area contributed by atoms with Gasteiger partial charge in [0.05, 0.1) is 23.8 Å². The second kappa shape index (κ2) is 5.33. The van der Waals surface area contributed by atoms with Gasteiger partial charge in [0.2, 0.25) is 0 Å². The van der Waals surface area contributed by atoms with Crippen molar-refractivity contribution in [3.63, 3.8) is 0 Å². The third-order valence-corrected chi connectivity index (χ3v) is 4.26. The van der Waals surface area contributed by atoms with Crippen LogP contribution in [0.1, 0.15) is 22.6 Å². The average Bonchev–Trinajstić information content (AvgIpc) is 2.61. The minimum atomic E-state index is -0.0902. The van der Waals surface area contributed by atoms with Gasteiger partial charge in [0.25, 0.3) is 0 Å². The number of fused-ring (bicyclic) bond motifs is 3. The molecule has 0 amide bonds. The Hall–Kier alpha value is -2.99. The van der Waals surface area contributed by atoms with E-state index < -0.39 is 0 Å². The minimum absolute atomic E-state index is 0.0902. The molecule has 2 aromatic carbocycles. The molecule has 0 bridgehead atoms. The summed E-state index contributed by atoms with van der Waals surface area (Å²) in [4.78, 5) is 0. The summed E-state index contributed by atoms with van der Waals surface area (Å²) in [5.74, 6) is 1.39. The Morgan fingerprint density at radius 3 is 2.74 bits per heavy atom. The number of rotatable bonds is 1. The topological polar surface area (TPSA) is 42.2 Å². The summed E-state index contributed by atoms with van der Waals surface area (Å²) in [6.07, 6.45) is 1.74. The molecule has 112 valence electrons. The van der Waals surface area contributed by atoms with E-state index in [1.54, 1.807) is 6.26 Å². The molecule has 1 unspecified atom stereocenters. The fourth-order valence-corrected chi connectivity index (χ4v) is 3.17. The quantitative estimate of drug-likeness (QED) is 0.787. The van der Waals surface area contributed by atoms with Crippen LogP contribution in [0.4, 0.5) is 0 Å². The highest BCUT2D eigenvalue weighted by Crippen LogP contribution is 2.46. The first-order valence-electron chi connectivity index (χ1n) is 7.56. The Labute approximate surface area is 135 Å². The van der Waals surface area contributed by atoms with E-state index in [0.717, 1.165) is 28.0 Å². The van der Waals surface area contributed by atoms with Crippen LogP contribution in [-0.2, 0) is 4.74 Å². The van der Waals surface area contributed by atoms with Gasteiger partial charge in [-0.2, -0.15) is 5.26 Å². The van der Waals surface area contributed by atoms with Crippen LogP contribution in [0.3, 0.4) is 0 Å². The first-order valence-corrected chi connectivity index (χ1v) is 7.56. The van der Waals surface area contributed by atoms with Gasteiger partial charge in [0.1, 0.15) is 18.1 Å². The lowest BCUT2D eigenvalue weighted by Crippen LogP contribution is -2.22. The number of aryl methyl sites for hydroxylation is 1. The summed E-state index contributed by atoms with van der Waals surface area (Å²) in [6, 6.07) is 18.2. The van der Waals surface area contributed by atoms with E-state index in [1.165, 1.54) is 0 Å². The number of nitrogens with zero attached hydrogens (tertiary/aromatic N) is 1. The molecule has 0 aromatic heterocycles. The molecule has 2 heterocycles. The van der Waals surface area contributed by atoms with E-state index in [9.17, 15) is 5.26 Å². The van der Waals surface area contributed by atoms with E-state index in [1.807, 2.05) is 49.4 Å². The first-order chi connectivity index (χ1) is 11.3. The fraction of sp³-hybridized carbons (Fsp3) is 0.150. The van der Waals surface area contributed by atoms with Crippen molar-refractivity contribution >= 4 is 5.76 Å². The zero-order chi connectivity index (χ0) is 15.8. The lowest BCUT2D eigenvalue weighted by atomic mass is 9.81. The van der Waals surface area contributed by atoms with Crippen molar-refractivity contribution in [1.29, 1.82) is 5.26 Å². The smallest absolute Gasteiger partial charge is 0.148 e. The maximum atomic E-state index is 9.80. The maximum absolute atomic E-state index is 9.80.